The van der Waals surface area contributed by atoms with E-state index in [0.717, 1.165) is 19.4 Å². The standard InChI is InChI=1S/C14H19NO2/c1-15(2)10-11-3-5-12(6-4-11)14(7-8-14)9-13(16)17/h3-6H,7-10H2,1-2H3,(H,16,17). The summed E-state index contributed by atoms with van der Waals surface area (Å²) in [6.45, 7) is 0.923. The molecule has 0 radical (unpaired) electrons. The quantitative estimate of drug-likeness (QED) is 0.848. The van der Waals surface area contributed by atoms with Crippen LogP contribution in [-0.4, -0.2) is 30.1 Å². The molecule has 1 saturated carbocycles. The molecule has 3 heteroatoms. The van der Waals surface area contributed by atoms with E-state index >= 15 is 0 Å². The van der Waals surface area contributed by atoms with Gasteiger partial charge in [-0.3, -0.25) is 4.79 Å². The van der Waals surface area contributed by atoms with Gasteiger partial charge in [-0.15, -0.1) is 0 Å². The zero-order valence-electron chi connectivity index (χ0n) is 10.4. The molecule has 0 spiro atoms. The SMILES string of the molecule is CN(C)Cc1ccc(C2(CC(=O)O)CC2)cc1. The first-order valence-corrected chi connectivity index (χ1v) is 5.98. The third-order valence-electron chi connectivity index (χ3n) is 3.41. The third-order valence-corrected chi connectivity index (χ3v) is 3.41. The van der Waals surface area contributed by atoms with E-state index in [1.807, 2.05) is 14.1 Å². The van der Waals surface area contributed by atoms with E-state index in [1.165, 1.54) is 11.1 Å². The van der Waals surface area contributed by atoms with Crippen molar-refractivity contribution in [3.05, 3.63) is 35.4 Å². The summed E-state index contributed by atoms with van der Waals surface area (Å²) in [7, 11) is 4.08. The second kappa shape index (κ2) is 4.49. The molecule has 0 aliphatic heterocycles. The lowest BCUT2D eigenvalue weighted by atomic mass is 9.92. The molecule has 3 nitrogen and oxygen atoms in total. The molecule has 0 heterocycles. The fourth-order valence-corrected chi connectivity index (χ4v) is 2.34. The number of nitrogens with zero attached hydrogens (tertiary/aromatic N) is 1. The lowest BCUT2D eigenvalue weighted by Gasteiger charge is -2.15. The van der Waals surface area contributed by atoms with Crippen molar-refractivity contribution in [2.24, 2.45) is 0 Å². The monoisotopic (exact) mass is 233 g/mol. The lowest BCUT2D eigenvalue weighted by Crippen LogP contribution is -2.14. The maximum Gasteiger partial charge on any atom is 0.304 e. The number of carboxylic acids is 1. The number of aliphatic carboxylic acids is 1. The van der Waals surface area contributed by atoms with Crippen LogP contribution in [0.5, 0.6) is 0 Å². The fraction of sp³-hybridized carbons (Fsp3) is 0.500. The predicted octanol–water partition coefficient (Wildman–Crippen LogP) is 2.25. The van der Waals surface area contributed by atoms with E-state index < -0.39 is 5.97 Å². The van der Waals surface area contributed by atoms with Crippen molar-refractivity contribution in [1.82, 2.24) is 4.90 Å². The van der Waals surface area contributed by atoms with Crippen LogP contribution in [-0.2, 0) is 16.8 Å². The van der Waals surface area contributed by atoms with Gasteiger partial charge in [0.2, 0.25) is 0 Å². The van der Waals surface area contributed by atoms with Crippen molar-refractivity contribution in [2.75, 3.05) is 14.1 Å². The van der Waals surface area contributed by atoms with E-state index in [9.17, 15) is 4.79 Å². The van der Waals surface area contributed by atoms with Crippen LogP contribution in [0.4, 0.5) is 0 Å². The molecule has 1 aliphatic carbocycles. The lowest BCUT2D eigenvalue weighted by molar-refractivity contribution is -0.137. The second-order valence-electron chi connectivity index (χ2n) is 5.29. The van der Waals surface area contributed by atoms with Gasteiger partial charge in [-0.2, -0.15) is 0 Å². The Hall–Kier alpha value is -1.35. The Labute approximate surface area is 102 Å². The van der Waals surface area contributed by atoms with Crippen molar-refractivity contribution in [2.45, 2.75) is 31.2 Å². The molecule has 1 fully saturated rings. The molecule has 1 N–H and O–H groups in total. The second-order valence-corrected chi connectivity index (χ2v) is 5.29. The topological polar surface area (TPSA) is 40.5 Å². The summed E-state index contributed by atoms with van der Waals surface area (Å²) in [4.78, 5) is 13.0. The number of carboxylic acid groups (broad SMARTS) is 1. The van der Waals surface area contributed by atoms with Crippen LogP contribution in [0, 0.1) is 0 Å². The van der Waals surface area contributed by atoms with Crippen LogP contribution < -0.4 is 0 Å². The first-order chi connectivity index (χ1) is 8.02. The first-order valence-electron chi connectivity index (χ1n) is 5.98. The molecule has 1 aliphatic rings. The summed E-state index contributed by atoms with van der Waals surface area (Å²) < 4.78 is 0. The van der Waals surface area contributed by atoms with E-state index in [1.54, 1.807) is 0 Å². The number of hydrogen-bond acceptors (Lipinski definition) is 2. The smallest absolute Gasteiger partial charge is 0.304 e. The van der Waals surface area contributed by atoms with Gasteiger partial charge < -0.3 is 10.0 Å². The van der Waals surface area contributed by atoms with Gasteiger partial charge in [0.1, 0.15) is 0 Å². The summed E-state index contributed by atoms with van der Waals surface area (Å²) in [6.07, 6.45) is 2.28. The Morgan fingerprint density at radius 3 is 2.29 bits per heavy atom. The van der Waals surface area contributed by atoms with E-state index in [2.05, 4.69) is 29.2 Å². The van der Waals surface area contributed by atoms with Gasteiger partial charge in [0.05, 0.1) is 6.42 Å². The van der Waals surface area contributed by atoms with Crippen LogP contribution in [0.15, 0.2) is 24.3 Å². The molecule has 0 unspecified atom stereocenters. The van der Waals surface area contributed by atoms with E-state index in [-0.39, 0.29) is 11.8 Å². The van der Waals surface area contributed by atoms with Crippen molar-refractivity contribution in [1.29, 1.82) is 0 Å². The summed E-state index contributed by atoms with van der Waals surface area (Å²) >= 11 is 0. The summed E-state index contributed by atoms with van der Waals surface area (Å²) in [5.41, 5.74) is 2.38. The molecule has 0 aromatic heterocycles. The van der Waals surface area contributed by atoms with Gasteiger partial charge in [0, 0.05) is 12.0 Å². The van der Waals surface area contributed by atoms with Crippen LogP contribution in [0.1, 0.15) is 30.4 Å². The maximum atomic E-state index is 10.8. The molecular weight excluding hydrogens is 214 g/mol. The third kappa shape index (κ3) is 2.86. The molecule has 1 aromatic rings. The van der Waals surface area contributed by atoms with Gasteiger partial charge in [0.25, 0.3) is 0 Å². The highest BCUT2D eigenvalue weighted by molar-refractivity contribution is 5.70. The fourth-order valence-electron chi connectivity index (χ4n) is 2.34. The van der Waals surface area contributed by atoms with Gasteiger partial charge >= 0.3 is 5.97 Å². The molecule has 1 aromatic carbocycles. The number of hydrogen-bond donors (Lipinski definition) is 1. The summed E-state index contributed by atoms with van der Waals surface area (Å²) in [6, 6.07) is 8.40. The predicted molar refractivity (Wildman–Crippen MR) is 67.0 cm³/mol. The number of carbonyl (C=O) groups is 1. The zero-order chi connectivity index (χ0) is 12.5. The molecular formula is C14H19NO2. The molecule has 92 valence electrons. The highest BCUT2D eigenvalue weighted by Crippen LogP contribution is 2.50. The minimum atomic E-state index is -0.695. The Bertz CT molecular complexity index is 405. The molecule has 0 atom stereocenters. The van der Waals surface area contributed by atoms with Crippen molar-refractivity contribution in [3.8, 4) is 0 Å². The van der Waals surface area contributed by atoms with Gasteiger partial charge in [-0.05, 0) is 38.1 Å². The highest BCUT2D eigenvalue weighted by atomic mass is 16.4. The maximum absolute atomic E-state index is 10.8. The van der Waals surface area contributed by atoms with Crippen LogP contribution >= 0.6 is 0 Å². The van der Waals surface area contributed by atoms with Crippen molar-refractivity contribution < 1.29 is 9.90 Å². The number of rotatable bonds is 5. The van der Waals surface area contributed by atoms with Crippen LogP contribution in [0.3, 0.4) is 0 Å². The van der Waals surface area contributed by atoms with Gasteiger partial charge in [-0.25, -0.2) is 0 Å². The van der Waals surface area contributed by atoms with Gasteiger partial charge in [0.15, 0.2) is 0 Å². The average Bonchev–Trinajstić information content (AvgIpc) is 2.98. The largest absolute Gasteiger partial charge is 0.481 e. The minimum absolute atomic E-state index is 0.0670. The van der Waals surface area contributed by atoms with Crippen molar-refractivity contribution in [3.63, 3.8) is 0 Å². The summed E-state index contributed by atoms with van der Waals surface area (Å²) in [5, 5.41) is 8.92. The molecule has 0 bridgehead atoms. The Morgan fingerprint density at radius 1 is 1.29 bits per heavy atom. The van der Waals surface area contributed by atoms with Crippen molar-refractivity contribution >= 4 is 5.97 Å². The minimum Gasteiger partial charge on any atom is -0.481 e. The molecule has 0 saturated heterocycles. The Morgan fingerprint density at radius 2 is 1.88 bits per heavy atom. The molecule has 17 heavy (non-hydrogen) atoms. The first kappa shape index (κ1) is 12.1. The van der Waals surface area contributed by atoms with Crippen LogP contribution in [0.25, 0.3) is 0 Å². The Kier molecular flexibility index (Phi) is 3.20. The number of benzene rings is 1. The van der Waals surface area contributed by atoms with E-state index in [4.69, 9.17) is 5.11 Å². The molecule has 0 amide bonds. The molecule has 2 rings (SSSR count). The highest BCUT2D eigenvalue weighted by Gasteiger charge is 2.45. The van der Waals surface area contributed by atoms with Crippen LogP contribution in [0.2, 0.25) is 0 Å². The summed E-state index contributed by atoms with van der Waals surface area (Å²) in [5.74, 6) is -0.695. The average molecular weight is 233 g/mol. The Balaban J connectivity index is 2.10. The van der Waals surface area contributed by atoms with Gasteiger partial charge in [-0.1, -0.05) is 24.3 Å². The van der Waals surface area contributed by atoms with E-state index in [0.29, 0.717) is 0 Å². The zero-order valence-corrected chi connectivity index (χ0v) is 10.4. The normalized spacial score (nSPS) is 17.1.